The van der Waals surface area contributed by atoms with E-state index < -0.39 is 23.2 Å². The van der Waals surface area contributed by atoms with Gasteiger partial charge in [0.25, 0.3) is 0 Å². The van der Waals surface area contributed by atoms with Crippen LogP contribution in [0.5, 0.6) is 0 Å². The monoisotopic (exact) mass is 280 g/mol. The highest BCUT2D eigenvalue weighted by Gasteiger charge is 2.44. The minimum Gasteiger partial charge on any atom is -0.479 e. The van der Waals surface area contributed by atoms with Crippen LogP contribution in [-0.2, 0) is 15.1 Å². The van der Waals surface area contributed by atoms with Crippen molar-refractivity contribution in [3.63, 3.8) is 0 Å². The molecule has 20 heavy (non-hydrogen) atoms. The summed E-state index contributed by atoms with van der Waals surface area (Å²) in [5, 5.41) is 9.51. The van der Waals surface area contributed by atoms with E-state index in [0.29, 0.717) is 0 Å². The summed E-state index contributed by atoms with van der Waals surface area (Å²) in [6.07, 6.45) is 0.771. The predicted molar refractivity (Wildman–Crippen MR) is 73.2 cm³/mol. The zero-order valence-corrected chi connectivity index (χ0v) is 12.4. The normalized spacial score (nSPS) is 14.2. The van der Waals surface area contributed by atoms with Crippen molar-refractivity contribution in [1.82, 2.24) is 9.88 Å². The third-order valence-electron chi connectivity index (χ3n) is 2.92. The quantitative estimate of drug-likeness (QED) is 0.918. The SMILES string of the molecule is CN(C(=O)OC(C)(C)C)C(C)(C(=O)O)c1ccccn1. The molecule has 0 bridgehead atoms. The highest BCUT2D eigenvalue weighted by molar-refractivity contribution is 5.84. The summed E-state index contributed by atoms with van der Waals surface area (Å²) >= 11 is 0. The molecule has 0 aliphatic carbocycles. The number of hydrogen-bond acceptors (Lipinski definition) is 4. The van der Waals surface area contributed by atoms with Gasteiger partial charge in [-0.2, -0.15) is 0 Å². The van der Waals surface area contributed by atoms with Crippen LogP contribution >= 0.6 is 0 Å². The molecule has 1 atom stereocenters. The van der Waals surface area contributed by atoms with Crippen LogP contribution in [0, 0.1) is 0 Å². The number of aromatic nitrogens is 1. The van der Waals surface area contributed by atoms with Crippen molar-refractivity contribution >= 4 is 12.1 Å². The molecule has 1 aromatic rings. The van der Waals surface area contributed by atoms with E-state index in [1.165, 1.54) is 20.2 Å². The van der Waals surface area contributed by atoms with E-state index in [4.69, 9.17) is 4.74 Å². The van der Waals surface area contributed by atoms with E-state index >= 15 is 0 Å². The minimum atomic E-state index is -1.59. The van der Waals surface area contributed by atoms with Crippen LogP contribution in [-0.4, -0.2) is 39.7 Å². The van der Waals surface area contributed by atoms with Gasteiger partial charge in [0, 0.05) is 13.2 Å². The van der Waals surface area contributed by atoms with Crippen molar-refractivity contribution in [2.45, 2.75) is 38.8 Å². The molecule has 6 heteroatoms. The minimum absolute atomic E-state index is 0.265. The van der Waals surface area contributed by atoms with Crippen LogP contribution in [0.25, 0.3) is 0 Å². The summed E-state index contributed by atoms with van der Waals surface area (Å²) in [4.78, 5) is 28.8. The average Bonchev–Trinajstić information content (AvgIpc) is 2.35. The number of pyridine rings is 1. The summed E-state index contributed by atoms with van der Waals surface area (Å²) in [6.45, 7) is 6.58. The van der Waals surface area contributed by atoms with Gasteiger partial charge in [-0.05, 0) is 39.8 Å². The number of ether oxygens (including phenoxy) is 1. The Morgan fingerprint density at radius 1 is 1.25 bits per heavy atom. The van der Waals surface area contributed by atoms with Crippen LogP contribution in [0.4, 0.5) is 4.79 Å². The first-order valence-electron chi connectivity index (χ1n) is 6.21. The van der Waals surface area contributed by atoms with Gasteiger partial charge in [0.1, 0.15) is 5.60 Å². The first kappa shape index (κ1) is 15.9. The lowest BCUT2D eigenvalue weighted by Gasteiger charge is -2.35. The lowest BCUT2D eigenvalue weighted by atomic mass is 9.95. The van der Waals surface area contributed by atoms with Crippen LogP contribution < -0.4 is 0 Å². The van der Waals surface area contributed by atoms with Crippen molar-refractivity contribution in [2.24, 2.45) is 0 Å². The van der Waals surface area contributed by atoms with Gasteiger partial charge in [0.05, 0.1) is 5.69 Å². The summed E-state index contributed by atoms with van der Waals surface area (Å²) in [5.74, 6) is -1.18. The Bertz CT molecular complexity index is 496. The number of carbonyl (C=O) groups is 2. The number of amides is 1. The fourth-order valence-electron chi connectivity index (χ4n) is 1.59. The molecule has 0 fully saturated rings. The maximum Gasteiger partial charge on any atom is 0.411 e. The van der Waals surface area contributed by atoms with Crippen molar-refractivity contribution < 1.29 is 19.4 Å². The number of aliphatic carboxylic acids is 1. The van der Waals surface area contributed by atoms with E-state index in [0.717, 1.165) is 4.90 Å². The van der Waals surface area contributed by atoms with E-state index in [9.17, 15) is 14.7 Å². The maximum atomic E-state index is 12.1. The second kappa shape index (κ2) is 5.48. The van der Waals surface area contributed by atoms with Crippen molar-refractivity contribution in [3.05, 3.63) is 30.1 Å². The number of hydrogen-bond donors (Lipinski definition) is 1. The number of carboxylic acid groups (broad SMARTS) is 1. The zero-order chi connectivity index (χ0) is 15.6. The Morgan fingerprint density at radius 3 is 2.25 bits per heavy atom. The second-order valence-electron chi connectivity index (χ2n) is 5.63. The summed E-state index contributed by atoms with van der Waals surface area (Å²) < 4.78 is 5.21. The number of likely N-dealkylation sites (N-methyl/N-ethyl adjacent to an activating group) is 1. The topological polar surface area (TPSA) is 79.7 Å². The molecule has 1 amide bonds. The number of carbonyl (C=O) groups excluding carboxylic acids is 1. The first-order valence-corrected chi connectivity index (χ1v) is 6.21. The standard InChI is InChI=1S/C14H20N2O4/c1-13(2,3)20-12(19)16(5)14(4,11(17)18)10-8-6-7-9-15-10/h6-9H,1-5H3,(H,17,18). The molecule has 0 radical (unpaired) electrons. The summed E-state index contributed by atoms with van der Waals surface area (Å²) in [7, 11) is 1.39. The Morgan fingerprint density at radius 2 is 1.85 bits per heavy atom. The third kappa shape index (κ3) is 3.26. The van der Waals surface area contributed by atoms with E-state index in [1.807, 2.05) is 0 Å². The van der Waals surface area contributed by atoms with Gasteiger partial charge in [0.2, 0.25) is 0 Å². The number of nitrogens with zero attached hydrogens (tertiary/aromatic N) is 2. The molecule has 1 heterocycles. The Labute approximate surface area is 118 Å². The fourth-order valence-corrected chi connectivity index (χ4v) is 1.59. The van der Waals surface area contributed by atoms with Gasteiger partial charge in [-0.1, -0.05) is 6.07 Å². The first-order chi connectivity index (χ1) is 9.09. The molecule has 0 aliphatic rings. The second-order valence-corrected chi connectivity index (χ2v) is 5.63. The average molecular weight is 280 g/mol. The molecule has 1 rings (SSSR count). The molecular weight excluding hydrogens is 260 g/mol. The lowest BCUT2D eigenvalue weighted by Crippen LogP contribution is -2.52. The Balaban J connectivity index is 3.15. The lowest BCUT2D eigenvalue weighted by molar-refractivity contribution is -0.150. The Hall–Kier alpha value is -2.11. The van der Waals surface area contributed by atoms with Crippen molar-refractivity contribution in [2.75, 3.05) is 7.05 Å². The molecular formula is C14H20N2O4. The largest absolute Gasteiger partial charge is 0.479 e. The Kier molecular flexibility index (Phi) is 4.37. The van der Waals surface area contributed by atoms with Crippen LogP contribution in [0.3, 0.4) is 0 Å². The third-order valence-corrected chi connectivity index (χ3v) is 2.92. The molecule has 6 nitrogen and oxygen atoms in total. The van der Waals surface area contributed by atoms with Gasteiger partial charge >= 0.3 is 12.1 Å². The summed E-state index contributed by atoms with van der Waals surface area (Å²) in [6, 6.07) is 4.92. The number of rotatable bonds is 3. The molecule has 0 saturated carbocycles. The predicted octanol–water partition coefficient (Wildman–Crippen LogP) is 2.25. The molecule has 1 unspecified atom stereocenters. The van der Waals surface area contributed by atoms with E-state index in [1.54, 1.807) is 39.0 Å². The molecule has 1 N–H and O–H groups in total. The molecule has 0 aliphatic heterocycles. The highest BCUT2D eigenvalue weighted by atomic mass is 16.6. The van der Waals surface area contributed by atoms with Crippen LogP contribution in [0.15, 0.2) is 24.4 Å². The van der Waals surface area contributed by atoms with Gasteiger partial charge in [-0.25, -0.2) is 9.59 Å². The van der Waals surface area contributed by atoms with Gasteiger partial charge < -0.3 is 9.84 Å². The van der Waals surface area contributed by atoms with Crippen LogP contribution in [0.2, 0.25) is 0 Å². The van der Waals surface area contributed by atoms with Crippen molar-refractivity contribution in [1.29, 1.82) is 0 Å². The molecule has 110 valence electrons. The van der Waals surface area contributed by atoms with Crippen LogP contribution in [0.1, 0.15) is 33.4 Å². The highest BCUT2D eigenvalue weighted by Crippen LogP contribution is 2.27. The summed E-state index contributed by atoms with van der Waals surface area (Å²) in [5.41, 5.74) is -2.03. The number of carboxylic acids is 1. The maximum absolute atomic E-state index is 12.1. The van der Waals surface area contributed by atoms with E-state index in [2.05, 4.69) is 4.98 Å². The molecule has 1 aromatic heterocycles. The molecule has 0 aromatic carbocycles. The zero-order valence-electron chi connectivity index (χ0n) is 12.4. The molecule has 0 spiro atoms. The van der Waals surface area contributed by atoms with Gasteiger partial charge in [-0.15, -0.1) is 0 Å². The molecule has 0 saturated heterocycles. The van der Waals surface area contributed by atoms with Crippen molar-refractivity contribution in [3.8, 4) is 0 Å². The van der Waals surface area contributed by atoms with E-state index in [-0.39, 0.29) is 5.69 Å². The van der Waals surface area contributed by atoms with Gasteiger partial charge in [0.15, 0.2) is 5.54 Å². The van der Waals surface area contributed by atoms with Gasteiger partial charge in [-0.3, -0.25) is 9.88 Å². The fraction of sp³-hybridized carbons (Fsp3) is 0.500. The smallest absolute Gasteiger partial charge is 0.411 e.